The first-order valence-corrected chi connectivity index (χ1v) is 6.17. The number of anilines is 1. The van der Waals surface area contributed by atoms with Crippen LogP contribution in [0.5, 0.6) is 0 Å². The molecule has 0 atom stereocenters. The molecule has 0 unspecified atom stereocenters. The lowest BCUT2D eigenvalue weighted by molar-refractivity contribution is 0.102. The number of halogens is 2. The molecule has 0 spiro atoms. The van der Waals surface area contributed by atoms with E-state index in [1.54, 1.807) is 24.3 Å². The summed E-state index contributed by atoms with van der Waals surface area (Å²) < 4.78 is 0. The van der Waals surface area contributed by atoms with E-state index < -0.39 is 5.91 Å². The number of hydrogen-bond acceptors (Lipinski definition) is 3. The number of aliphatic hydroxyl groups excluding tert-OH is 1. The summed E-state index contributed by atoms with van der Waals surface area (Å²) in [7, 11) is 0. The van der Waals surface area contributed by atoms with E-state index in [9.17, 15) is 4.79 Å². The van der Waals surface area contributed by atoms with Crippen LogP contribution in [0.1, 0.15) is 15.9 Å². The molecule has 0 fully saturated rings. The van der Waals surface area contributed by atoms with Crippen LogP contribution in [0.25, 0.3) is 0 Å². The highest BCUT2D eigenvalue weighted by Gasteiger charge is 2.15. The van der Waals surface area contributed by atoms with Crippen molar-refractivity contribution in [2.75, 3.05) is 5.32 Å². The molecule has 4 nitrogen and oxygen atoms in total. The maximum atomic E-state index is 12.1. The minimum atomic E-state index is -0.408. The fourth-order valence-corrected chi connectivity index (χ4v) is 2.05. The first-order chi connectivity index (χ1) is 9.11. The fraction of sp³-hybridized carbons (Fsp3) is 0.0769. The SMILES string of the molecule is O=C(Nc1ccc(CO)cc1)c1c(Cl)cncc1Cl. The topological polar surface area (TPSA) is 62.2 Å². The van der Waals surface area contributed by atoms with Crippen LogP contribution in [0.15, 0.2) is 36.7 Å². The Morgan fingerprint density at radius 1 is 1.16 bits per heavy atom. The molecule has 2 rings (SSSR count). The van der Waals surface area contributed by atoms with Crippen molar-refractivity contribution >= 4 is 34.8 Å². The van der Waals surface area contributed by atoms with Crippen molar-refractivity contribution in [2.45, 2.75) is 6.61 Å². The number of carbonyl (C=O) groups excluding carboxylic acids is 1. The van der Waals surface area contributed by atoms with Crippen LogP contribution < -0.4 is 5.32 Å². The van der Waals surface area contributed by atoms with Crippen molar-refractivity contribution in [3.05, 3.63) is 57.8 Å². The third-order valence-electron chi connectivity index (χ3n) is 2.47. The monoisotopic (exact) mass is 296 g/mol. The molecule has 0 radical (unpaired) electrons. The molecule has 2 N–H and O–H groups in total. The second-order valence-corrected chi connectivity index (χ2v) is 4.60. The van der Waals surface area contributed by atoms with Crippen LogP contribution in [0, 0.1) is 0 Å². The van der Waals surface area contributed by atoms with Crippen molar-refractivity contribution in [1.29, 1.82) is 0 Å². The maximum Gasteiger partial charge on any atom is 0.258 e. The van der Waals surface area contributed by atoms with E-state index in [1.807, 2.05) is 0 Å². The van der Waals surface area contributed by atoms with E-state index in [2.05, 4.69) is 10.3 Å². The third kappa shape index (κ3) is 3.23. The molecule has 1 aromatic carbocycles. The van der Waals surface area contributed by atoms with Crippen molar-refractivity contribution in [3.8, 4) is 0 Å². The summed E-state index contributed by atoms with van der Waals surface area (Å²) in [6.45, 7) is -0.0454. The molecule has 0 saturated heterocycles. The first kappa shape index (κ1) is 13.8. The molecular formula is C13H10Cl2N2O2. The van der Waals surface area contributed by atoms with Crippen LogP contribution in [0.4, 0.5) is 5.69 Å². The number of aliphatic hydroxyl groups is 1. The van der Waals surface area contributed by atoms with Crippen molar-refractivity contribution in [1.82, 2.24) is 4.98 Å². The van der Waals surface area contributed by atoms with Gasteiger partial charge in [0.25, 0.3) is 5.91 Å². The Kier molecular flexibility index (Phi) is 4.37. The predicted molar refractivity (Wildman–Crippen MR) is 74.6 cm³/mol. The Morgan fingerprint density at radius 3 is 2.26 bits per heavy atom. The number of pyridine rings is 1. The number of nitrogens with one attached hydrogen (secondary N) is 1. The first-order valence-electron chi connectivity index (χ1n) is 5.42. The van der Waals surface area contributed by atoms with Crippen molar-refractivity contribution in [3.63, 3.8) is 0 Å². The van der Waals surface area contributed by atoms with Gasteiger partial charge in [0.05, 0.1) is 22.2 Å². The number of benzene rings is 1. The molecule has 19 heavy (non-hydrogen) atoms. The zero-order valence-electron chi connectivity index (χ0n) is 9.73. The average Bonchev–Trinajstić information content (AvgIpc) is 2.39. The van der Waals surface area contributed by atoms with Crippen LogP contribution >= 0.6 is 23.2 Å². The highest BCUT2D eigenvalue weighted by atomic mass is 35.5. The standard InChI is InChI=1S/C13H10Cl2N2O2/c14-10-5-16-6-11(15)12(10)13(19)17-9-3-1-8(7-18)2-4-9/h1-6,18H,7H2,(H,17,19). The minimum absolute atomic E-state index is 0.0454. The minimum Gasteiger partial charge on any atom is -0.392 e. The van der Waals surface area contributed by atoms with Gasteiger partial charge in [-0.25, -0.2) is 0 Å². The van der Waals surface area contributed by atoms with E-state index in [1.165, 1.54) is 12.4 Å². The quantitative estimate of drug-likeness (QED) is 0.915. The lowest BCUT2D eigenvalue weighted by Crippen LogP contribution is -2.13. The summed E-state index contributed by atoms with van der Waals surface area (Å²) in [6, 6.07) is 6.80. The van der Waals surface area contributed by atoms with E-state index in [-0.39, 0.29) is 22.2 Å². The van der Waals surface area contributed by atoms with Gasteiger partial charge in [0.15, 0.2) is 0 Å². The van der Waals surface area contributed by atoms with E-state index in [4.69, 9.17) is 28.3 Å². The van der Waals surface area contributed by atoms with Crippen molar-refractivity contribution < 1.29 is 9.90 Å². The normalized spacial score (nSPS) is 10.3. The number of nitrogens with zero attached hydrogens (tertiary/aromatic N) is 1. The molecule has 1 amide bonds. The van der Waals surface area contributed by atoms with Gasteiger partial charge in [0, 0.05) is 18.1 Å². The van der Waals surface area contributed by atoms with Gasteiger partial charge in [0.1, 0.15) is 0 Å². The molecule has 1 aromatic heterocycles. The van der Waals surface area contributed by atoms with Gasteiger partial charge in [-0.3, -0.25) is 9.78 Å². The van der Waals surface area contributed by atoms with Gasteiger partial charge in [-0.1, -0.05) is 35.3 Å². The fourth-order valence-electron chi connectivity index (χ4n) is 1.52. The molecule has 0 bridgehead atoms. The zero-order valence-corrected chi connectivity index (χ0v) is 11.2. The van der Waals surface area contributed by atoms with Crippen LogP contribution in [-0.4, -0.2) is 16.0 Å². The average molecular weight is 297 g/mol. The number of carbonyl (C=O) groups is 1. The van der Waals surface area contributed by atoms with Gasteiger partial charge in [-0.05, 0) is 17.7 Å². The second-order valence-electron chi connectivity index (χ2n) is 3.79. The summed E-state index contributed by atoms with van der Waals surface area (Å²) in [5.74, 6) is -0.408. The molecule has 2 aromatic rings. The smallest absolute Gasteiger partial charge is 0.258 e. The van der Waals surface area contributed by atoms with Crippen LogP contribution in [0.2, 0.25) is 10.0 Å². The molecule has 6 heteroatoms. The van der Waals surface area contributed by atoms with Gasteiger partial charge < -0.3 is 10.4 Å². The van der Waals surface area contributed by atoms with E-state index in [0.717, 1.165) is 5.56 Å². The molecule has 0 aliphatic heterocycles. The van der Waals surface area contributed by atoms with Gasteiger partial charge in [0.2, 0.25) is 0 Å². The number of hydrogen-bond donors (Lipinski definition) is 2. The van der Waals surface area contributed by atoms with Crippen LogP contribution in [0.3, 0.4) is 0 Å². The number of aromatic nitrogens is 1. The molecule has 0 aliphatic rings. The maximum absolute atomic E-state index is 12.1. The number of rotatable bonds is 3. The van der Waals surface area contributed by atoms with Crippen molar-refractivity contribution in [2.24, 2.45) is 0 Å². The lowest BCUT2D eigenvalue weighted by atomic mass is 10.2. The Morgan fingerprint density at radius 2 is 1.74 bits per heavy atom. The summed E-state index contributed by atoms with van der Waals surface area (Å²) in [6.07, 6.45) is 2.72. The van der Waals surface area contributed by atoms with Gasteiger partial charge in [-0.15, -0.1) is 0 Å². The Hall–Kier alpha value is -1.62. The lowest BCUT2D eigenvalue weighted by Gasteiger charge is -2.08. The third-order valence-corrected chi connectivity index (χ3v) is 3.05. The van der Waals surface area contributed by atoms with Crippen LogP contribution in [-0.2, 0) is 6.61 Å². The molecule has 1 heterocycles. The largest absolute Gasteiger partial charge is 0.392 e. The molecular weight excluding hydrogens is 287 g/mol. The Balaban J connectivity index is 2.21. The number of amides is 1. The van der Waals surface area contributed by atoms with E-state index >= 15 is 0 Å². The zero-order chi connectivity index (χ0) is 13.8. The second kappa shape index (κ2) is 6.02. The highest BCUT2D eigenvalue weighted by Crippen LogP contribution is 2.24. The summed E-state index contributed by atoms with van der Waals surface area (Å²) in [4.78, 5) is 15.8. The van der Waals surface area contributed by atoms with Gasteiger partial charge in [-0.2, -0.15) is 0 Å². The predicted octanol–water partition coefficient (Wildman–Crippen LogP) is 3.13. The summed E-state index contributed by atoms with van der Waals surface area (Å²) >= 11 is 11.8. The Labute approximate surface area is 120 Å². The summed E-state index contributed by atoms with van der Waals surface area (Å²) in [5, 5.41) is 12.0. The highest BCUT2D eigenvalue weighted by molar-refractivity contribution is 6.40. The summed E-state index contributed by atoms with van der Waals surface area (Å²) in [5.41, 5.74) is 1.54. The Bertz CT molecular complexity index is 580. The molecule has 98 valence electrons. The van der Waals surface area contributed by atoms with Gasteiger partial charge >= 0.3 is 0 Å². The molecule has 0 aliphatic carbocycles. The van der Waals surface area contributed by atoms with E-state index in [0.29, 0.717) is 5.69 Å². The molecule has 0 saturated carbocycles.